The number of aromatic nitrogens is 2. The number of hydrogen-bond acceptors (Lipinski definition) is 4. The summed E-state index contributed by atoms with van der Waals surface area (Å²) in [6.45, 7) is 0. The molecule has 1 aromatic heterocycles. The molecule has 0 aliphatic carbocycles. The van der Waals surface area contributed by atoms with Crippen LogP contribution in [0.2, 0.25) is 0 Å². The number of nitrogens with one attached hydrogen (secondary N) is 1. The highest BCUT2D eigenvalue weighted by Crippen LogP contribution is 2.06. The highest BCUT2D eigenvalue weighted by atomic mass is 35.5. The quantitative estimate of drug-likeness (QED) is 0.844. The zero-order chi connectivity index (χ0) is 12.1. The maximum Gasteiger partial charge on any atom is 0.241 e. The normalized spacial score (nSPS) is 10.2. The van der Waals surface area contributed by atoms with Gasteiger partial charge in [-0.25, -0.2) is 0 Å². The Morgan fingerprint density at radius 3 is 2.76 bits per heavy atom. The maximum absolute atomic E-state index is 11.6. The average molecular weight is 252 g/mol. The summed E-state index contributed by atoms with van der Waals surface area (Å²) in [5, 5.41) is 6.36. The summed E-state index contributed by atoms with van der Waals surface area (Å²) in [6.07, 6.45) is 0.0648. The van der Waals surface area contributed by atoms with Crippen molar-refractivity contribution in [3.8, 4) is 0 Å². The van der Waals surface area contributed by atoms with E-state index in [1.165, 1.54) is 0 Å². The first-order valence-electron chi connectivity index (χ1n) is 5.00. The van der Waals surface area contributed by atoms with Gasteiger partial charge < -0.3 is 9.84 Å². The fourth-order valence-electron chi connectivity index (χ4n) is 1.29. The minimum absolute atomic E-state index is 0.0648. The Kier molecular flexibility index (Phi) is 3.72. The summed E-state index contributed by atoms with van der Waals surface area (Å²) in [5.74, 6) is 0.592. The van der Waals surface area contributed by atoms with Crippen LogP contribution >= 0.6 is 11.6 Å². The molecule has 0 fully saturated rings. The second-order valence-electron chi connectivity index (χ2n) is 3.33. The lowest BCUT2D eigenvalue weighted by Crippen LogP contribution is -2.15. The molecule has 0 aliphatic heterocycles. The molecule has 0 radical (unpaired) electrons. The van der Waals surface area contributed by atoms with Crippen LogP contribution in [0.3, 0.4) is 0 Å². The van der Waals surface area contributed by atoms with Gasteiger partial charge in [-0.2, -0.15) is 4.98 Å². The molecule has 0 unspecified atom stereocenters. The Labute approximate surface area is 103 Å². The van der Waals surface area contributed by atoms with E-state index in [2.05, 4.69) is 15.5 Å². The van der Waals surface area contributed by atoms with Gasteiger partial charge in [-0.1, -0.05) is 23.4 Å². The van der Waals surface area contributed by atoms with Crippen LogP contribution in [0, 0.1) is 0 Å². The number of para-hydroxylation sites is 1. The highest BCUT2D eigenvalue weighted by molar-refractivity contribution is 6.16. The first kappa shape index (κ1) is 11.6. The molecule has 2 aromatic rings. The number of alkyl halides is 1. The predicted octanol–water partition coefficient (Wildman–Crippen LogP) is 1.99. The molecule has 1 N–H and O–H groups in total. The largest absolute Gasteiger partial charge is 0.338 e. The molecule has 17 heavy (non-hydrogen) atoms. The monoisotopic (exact) mass is 251 g/mol. The molecule has 0 spiro atoms. The van der Waals surface area contributed by atoms with Crippen LogP contribution in [-0.4, -0.2) is 16.0 Å². The molecule has 2 rings (SSSR count). The Morgan fingerprint density at radius 2 is 2.12 bits per heavy atom. The molecule has 5 nitrogen and oxygen atoms in total. The Hall–Kier alpha value is -1.88. The summed E-state index contributed by atoms with van der Waals surface area (Å²) in [5.41, 5.74) is 0.735. The number of halogens is 1. The van der Waals surface area contributed by atoms with Crippen molar-refractivity contribution in [1.82, 2.24) is 10.1 Å². The van der Waals surface area contributed by atoms with Gasteiger partial charge >= 0.3 is 0 Å². The zero-order valence-corrected chi connectivity index (χ0v) is 9.65. The average Bonchev–Trinajstić information content (AvgIpc) is 2.78. The number of nitrogens with zero attached hydrogens (tertiary/aromatic N) is 2. The van der Waals surface area contributed by atoms with E-state index in [-0.39, 0.29) is 18.2 Å². The molecule has 0 bridgehead atoms. The second kappa shape index (κ2) is 5.45. The summed E-state index contributed by atoms with van der Waals surface area (Å²) in [6, 6.07) is 9.17. The van der Waals surface area contributed by atoms with Crippen molar-refractivity contribution >= 4 is 23.2 Å². The lowest BCUT2D eigenvalue weighted by atomic mass is 10.3. The van der Waals surface area contributed by atoms with Crippen molar-refractivity contribution in [1.29, 1.82) is 0 Å². The van der Waals surface area contributed by atoms with Crippen molar-refractivity contribution in [3.05, 3.63) is 42.0 Å². The number of anilines is 1. The van der Waals surface area contributed by atoms with Crippen LogP contribution in [0.25, 0.3) is 0 Å². The van der Waals surface area contributed by atoms with E-state index >= 15 is 0 Å². The molecule has 1 heterocycles. The van der Waals surface area contributed by atoms with Gasteiger partial charge in [0, 0.05) is 5.69 Å². The molecular weight excluding hydrogens is 242 g/mol. The standard InChI is InChI=1S/C11H10ClN3O2/c12-7-11-14-9(15-17-11)6-10(16)13-8-4-2-1-3-5-8/h1-5H,6-7H2,(H,13,16). The van der Waals surface area contributed by atoms with Gasteiger partial charge in [0.25, 0.3) is 0 Å². The maximum atomic E-state index is 11.6. The van der Waals surface area contributed by atoms with E-state index in [0.29, 0.717) is 11.7 Å². The molecule has 1 aromatic carbocycles. The van der Waals surface area contributed by atoms with E-state index in [0.717, 1.165) is 5.69 Å². The van der Waals surface area contributed by atoms with E-state index < -0.39 is 0 Å². The number of amides is 1. The van der Waals surface area contributed by atoms with Gasteiger partial charge in [0.15, 0.2) is 5.82 Å². The number of rotatable bonds is 4. The number of carbonyl (C=O) groups excluding carboxylic acids is 1. The molecule has 88 valence electrons. The third kappa shape index (κ3) is 3.29. The molecular formula is C11H10ClN3O2. The van der Waals surface area contributed by atoms with Crippen molar-refractivity contribution in [3.63, 3.8) is 0 Å². The Morgan fingerprint density at radius 1 is 1.35 bits per heavy atom. The van der Waals surface area contributed by atoms with Crippen LogP contribution in [-0.2, 0) is 17.1 Å². The minimum Gasteiger partial charge on any atom is -0.338 e. The van der Waals surface area contributed by atoms with E-state index in [1.807, 2.05) is 18.2 Å². The van der Waals surface area contributed by atoms with Crippen LogP contribution in [0.15, 0.2) is 34.9 Å². The summed E-state index contributed by atoms with van der Waals surface area (Å²) >= 11 is 5.51. The van der Waals surface area contributed by atoms with E-state index in [1.54, 1.807) is 12.1 Å². The highest BCUT2D eigenvalue weighted by Gasteiger charge is 2.10. The molecule has 6 heteroatoms. The Balaban J connectivity index is 1.93. The third-order valence-electron chi connectivity index (χ3n) is 2.00. The zero-order valence-electron chi connectivity index (χ0n) is 8.89. The summed E-state index contributed by atoms with van der Waals surface area (Å²) < 4.78 is 4.79. The van der Waals surface area contributed by atoms with Crippen LogP contribution in [0.4, 0.5) is 5.69 Å². The SMILES string of the molecule is O=C(Cc1noc(CCl)n1)Nc1ccccc1. The number of hydrogen-bond donors (Lipinski definition) is 1. The summed E-state index contributed by atoms with van der Waals surface area (Å²) in [7, 11) is 0. The first-order chi connectivity index (χ1) is 8.28. The van der Waals surface area contributed by atoms with E-state index in [9.17, 15) is 4.79 Å². The van der Waals surface area contributed by atoms with Crippen LogP contribution in [0.1, 0.15) is 11.7 Å². The summed E-state index contributed by atoms with van der Waals surface area (Å²) in [4.78, 5) is 15.6. The lowest BCUT2D eigenvalue weighted by Gasteiger charge is -2.01. The Bertz CT molecular complexity index is 498. The predicted molar refractivity (Wildman–Crippen MR) is 62.6 cm³/mol. The van der Waals surface area contributed by atoms with Crippen molar-refractivity contribution in [2.45, 2.75) is 12.3 Å². The van der Waals surface area contributed by atoms with Gasteiger partial charge in [-0.15, -0.1) is 11.6 Å². The van der Waals surface area contributed by atoms with Crippen molar-refractivity contribution in [2.75, 3.05) is 5.32 Å². The van der Waals surface area contributed by atoms with Crippen LogP contribution < -0.4 is 5.32 Å². The second-order valence-corrected chi connectivity index (χ2v) is 3.60. The smallest absolute Gasteiger partial charge is 0.241 e. The van der Waals surface area contributed by atoms with Crippen molar-refractivity contribution < 1.29 is 9.32 Å². The molecule has 1 amide bonds. The number of benzene rings is 1. The van der Waals surface area contributed by atoms with Gasteiger partial charge in [0.05, 0.1) is 6.42 Å². The fourth-order valence-corrected chi connectivity index (χ4v) is 1.40. The molecule has 0 atom stereocenters. The molecule has 0 saturated heterocycles. The van der Waals surface area contributed by atoms with Crippen molar-refractivity contribution in [2.24, 2.45) is 0 Å². The van der Waals surface area contributed by atoms with Gasteiger partial charge in [-0.05, 0) is 12.1 Å². The number of carbonyl (C=O) groups is 1. The molecule has 0 saturated carbocycles. The minimum atomic E-state index is -0.196. The van der Waals surface area contributed by atoms with Crippen LogP contribution in [0.5, 0.6) is 0 Å². The van der Waals surface area contributed by atoms with Gasteiger partial charge in [0.2, 0.25) is 11.8 Å². The third-order valence-corrected chi connectivity index (χ3v) is 2.23. The lowest BCUT2D eigenvalue weighted by molar-refractivity contribution is -0.115. The van der Waals surface area contributed by atoms with Gasteiger partial charge in [0.1, 0.15) is 5.88 Å². The molecule has 0 aliphatic rings. The topological polar surface area (TPSA) is 68.0 Å². The first-order valence-corrected chi connectivity index (χ1v) is 5.53. The fraction of sp³-hybridized carbons (Fsp3) is 0.182. The van der Waals surface area contributed by atoms with E-state index in [4.69, 9.17) is 16.1 Å². The van der Waals surface area contributed by atoms with Gasteiger partial charge in [-0.3, -0.25) is 4.79 Å².